The summed E-state index contributed by atoms with van der Waals surface area (Å²) >= 11 is 0. The molecule has 0 saturated carbocycles. The second kappa shape index (κ2) is 19.0. The number of hydrogen-bond acceptors (Lipinski definition) is 13. The molecule has 18 nitrogen and oxygen atoms in total. The van der Waals surface area contributed by atoms with Crippen LogP contribution in [0.4, 0.5) is 35.9 Å². The number of fused-ring (bicyclic) bond motifs is 1. The first kappa shape index (κ1) is 46.9. The number of carbonyl (C=O) groups excluding carboxylic acids is 3. The van der Waals surface area contributed by atoms with Crippen molar-refractivity contribution in [2.24, 2.45) is 0 Å². The maximum absolute atomic E-state index is 15.3. The summed E-state index contributed by atoms with van der Waals surface area (Å²) in [5.74, 6) is -3.03. The van der Waals surface area contributed by atoms with Crippen molar-refractivity contribution in [3.8, 4) is 23.3 Å². The highest BCUT2D eigenvalue weighted by Gasteiger charge is 2.38. The molecule has 5 heterocycles. The molecule has 0 radical (unpaired) electrons. The normalized spacial score (nSPS) is 19.8. The van der Waals surface area contributed by atoms with Crippen LogP contribution in [0.15, 0.2) is 83.9 Å². The summed E-state index contributed by atoms with van der Waals surface area (Å²) in [6, 6.07) is 19.2. The smallest absolute Gasteiger partial charge is 0.301 e. The standard InChI is InChI=1S/C47H47F3N10O8S/c48-29-13-16-59(27-29)69(66,67)55-39-9-7-36(49)44(35(39)26-51)68-33-6-8-38-34(24-33)46(64)60(28-52-38)32-4-2-31(3-5-32)56-19-21-58(22-20-56)43(62)25-47(65)14-17-57(18-15-47)41-11-1-30(23-37(41)50)53-40-10-12-42(61)54-45(40)63/h1-9,11,23-24,28-29,40,53,55,65H,10,12-22,25,27H2,(H,54,61,63)/t29-,40?/m1/s1. The van der Waals surface area contributed by atoms with E-state index in [0.29, 0.717) is 68.3 Å². The van der Waals surface area contributed by atoms with Crippen LogP contribution in [0.2, 0.25) is 0 Å². The molecular weight excluding hydrogens is 922 g/mol. The van der Waals surface area contributed by atoms with E-state index in [-0.39, 0.29) is 73.8 Å². The van der Waals surface area contributed by atoms with Gasteiger partial charge in [0.25, 0.3) is 5.56 Å². The van der Waals surface area contributed by atoms with Crippen molar-refractivity contribution >= 4 is 61.6 Å². The zero-order valence-electron chi connectivity index (χ0n) is 37.0. The highest BCUT2D eigenvalue weighted by atomic mass is 32.2. The van der Waals surface area contributed by atoms with Gasteiger partial charge in [-0.05, 0) is 98.5 Å². The summed E-state index contributed by atoms with van der Waals surface area (Å²) in [6.45, 7) is 2.14. The minimum absolute atomic E-state index is 0.0252. The molecule has 4 saturated heterocycles. The Kier molecular flexibility index (Phi) is 12.9. The molecule has 22 heteroatoms. The summed E-state index contributed by atoms with van der Waals surface area (Å²) in [5, 5.41) is 26.8. The average molecular weight is 969 g/mol. The van der Waals surface area contributed by atoms with Gasteiger partial charge in [-0.25, -0.2) is 18.2 Å². The first-order chi connectivity index (χ1) is 33.1. The lowest BCUT2D eigenvalue weighted by Crippen LogP contribution is -2.52. The van der Waals surface area contributed by atoms with Crippen LogP contribution in [-0.2, 0) is 24.6 Å². The fourth-order valence-corrected chi connectivity index (χ4v) is 10.4. The molecule has 0 aliphatic carbocycles. The van der Waals surface area contributed by atoms with Crippen LogP contribution in [0.1, 0.15) is 44.1 Å². The van der Waals surface area contributed by atoms with E-state index in [9.17, 15) is 42.4 Å². The van der Waals surface area contributed by atoms with Crippen molar-refractivity contribution in [3.63, 3.8) is 0 Å². The lowest BCUT2D eigenvalue weighted by Gasteiger charge is -2.41. The van der Waals surface area contributed by atoms with Gasteiger partial charge in [0.2, 0.25) is 17.7 Å². The van der Waals surface area contributed by atoms with Crippen LogP contribution in [-0.4, -0.2) is 120 Å². The second-order valence-electron chi connectivity index (χ2n) is 17.5. The largest absolute Gasteiger partial charge is 0.453 e. The molecule has 360 valence electrons. The quantitative estimate of drug-likeness (QED) is 0.128. The molecule has 0 bridgehead atoms. The zero-order valence-corrected chi connectivity index (χ0v) is 37.9. The molecule has 69 heavy (non-hydrogen) atoms. The topological polar surface area (TPSA) is 223 Å². The number of imide groups is 1. The third-order valence-electron chi connectivity index (χ3n) is 13.0. The summed E-state index contributed by atoms with van der Waals surface area (Å²) < 4.78 is 80.2. The van der Waals surface area contributed by atoms with Crippen molar-refractivity contribution in [1.29, 1.82) is 5.26 Å². The van der Waals surface area contributed by atoms with Crippen LogP contribution in [0.25, 0.3) is 16.6 Å². The van der Waals surface area contributed by atoms with Gasteiger partial charge in [0.15, 0.2) is 11.6 Å². The van der Waals surface area contributed by atoms with Crippen molar-refractivity contribution < 1.29 is 45.8 Å². The van der Waals surface area contributed by atoms with Gasteiger partial charge in [-0.3, -0.25) is 33.8 Å². The number of nitrogens with zero attached hydrogens (tertiary/aromatic N) is 7. The minimum atomic E-state index is -4.26. The molecule has 1 aromatic heterocycles. The number of piperazine rings is 1. The Morgan fingerprint density at radius 2 is 1.64 bits per heavy atom. The summed E-state index contributed by atoms with van der Waals surface area (Å²) in [5.41, 5.74) is -0.0271. The number of anilines is 4. The Balaban J connectivity index is 0.791. The molecule has 4 aliphatic heterocycles. The number of aromatic nitrogens is 2. The number of alkyl halides is 1. The lowest BCUT2D eigenvalue weighted by atomic mass is 9.87. The predicted molar refractivity (Wildman–Crippen MR) is 248 cm³/mol. The Bertz CT molecular complexity index is 3050. The molecule has 0 spiro atoms. The van der Waals surface area contributed by atoms with E-state index < -0.39 is 62.4 Å². The number of benzene rings is 4. The van der Waals surface area contributed by atoms with Crippen LogP contribution < -0.4 is 35.5 Å². The third kappa shape index (κ3) is 10.0. The Labute approximate surface area is 394 Å². The highest BCUT2D eigenvalue weighted by Crippen LogP contribution is 2.36. The Morgan fingerprint density at radius 3 is 2.32 bits per heavy atom. The molecule has 4 N–H and O–H groups in total. The number of nitriles is 1. The van der Waals surface area contributed by atoms with Crippen LogP contribution >= 0.6 is 0 Å². The van der Waals surface area contributed by atoms with E-state index >= 15 is 8.78 Å². The molecule has 4 aromatic carbocycles. The SMILES string of the molecule is N#Cc1c(NS(=O)(=O)N2CC[C@@H](F)C2)ccc(F)c1Oc1ccc2ncn(-c3ccc(N4CCN(C(=O)CC5(O)CCN(c6ccc(NC7CCC(=O)NC7=O)cc6F)CC5)CC4)cc3)c(=O)c2c1. The van der Waals surface area contributed by atoms with E-state index in [1.807, 2.05) is 17.0 Å². The van der Waals surface area contributed by atoms with Crippen molar-refractivity contribution in [2.75, 3.05) is 72.2 Å². The van der Waals surface area contributed by atoms with Gasteiger partial charge in [0, 0.05) is 70.2 Å². The van der Waals surface area contributed by atoms with Crippen LogP contribution in [0.5, 0.6) is 11.5 Å². The second-order valence-corrected chi connectivity index (χ2v) is 19.2. The van der Waals surface area contributed by atoms with Gasteiger partial charge in [-0.1, -0.05) is 0 Å². The number of nitrogens with one attached hydrogen (secondary N) is 3. The first-order valence-electron chi connectivity index (χ1n) is 22.4. The van der Waals surface area contributed by atoms with Gasteiger partial charge in [0.05, 0.1) is 40.0 Å². The Morgan fingerprint density at radius 1 is 0.899 bits per heavy atom. The van der Waals surface area contributed by atoms with Crippen LogP contribution in [0.3, 0.4) is 0 Å². The number of carbonyl (C=O) groups is 3. The maximum Gasteiger partial charge on any atom is 0.301 e. The fourth-order valence-electron chi connectivity index (χ4n) is 9.09. The molecule has 3 amide bonds. The van der Waals surface area contributed by atoms with E-state index in [0.717, 1.165) is 22.1 Å². The molecular formula is C47H47F3N10O8S. The van der Waals surface area contributed by atoms with Gasteiger partial charge in [-0.2, -0.15) is 18.0 Å². The van der Waals surface area contributed by atoms with Gasteiger partial charge < -0.3 is 29.9 Å². The monoisotopic (exact) mass is 968 g/mol. The summed E-state index contributed by atoms with van der Waals surface area (Å²) in [6.07, 6.45) is 1.04. The van der Waals surface area contributed by atoms with E-state index in [4.69, 9.17) is 4.74 Å². The number of ether oxygens (including phenoxy) is 1. The number of halogens is 3. The third-order valence-corrected chi connectivity index (χ3v) is 14.5. The van der Waals surface area contributed by atoms with Crippen LogP contribution in [0, 0.1) is 23.0 Å². The van der Waals surface area contributed by atoms with Gasteiger partial charge in [-0.15, -0.1) is 0 Å². The zero-order chi connectivity index (χ0) is 48.6. The highest BCUT2D eigenvalue weighted by molar-refractivity contribution is 7.90. The average Bonchev–Trinajstić information content (AvgIpc) is 3.79. The molecule has 4 aliphatic rings. The molecule has 5 aromatic rings. The number of hydrogen-bond donors (Lipinski definition) is 4. The Hall–Kier alpha value is -7.22. The molecule has 9 rings (SSSR count). The molecule has 2 atom stereocenters. The summed E-state index contributed by atoms with van der Waals surface area (Å²) in [7, 11) is -4.26. The van der Waals surface area contributed by atoms with Crippen molar-refractivity contribution in [1.82, 2.24) is 24.1 Å². The van der Waals surface area contributed by atoms with Gasteiger partial charge in [0.1, 0.15) is 41.7 Å². The van der Waals surface area contributed by atoms with Crippen molar-refractivity contribution in [2.45, 2.75) is 56.3 Å². The van der Waals surface area contributed by atoms with E-state index in [1.165, 1.54) is 35.2 Å². The minimum Gasteiger partial charge on any atom is -0.453 e. The maximum atomic E-state index is 15.3. The van der Waals surface area contributed by atoms with Gasteiger partial charge >= 0.3 is 10.2 Å². The molecule has 4 fully saturated rings. The number of aliphatic hydroxyl groups is 1. The fraction of sp³-hybridized carbons (Fsp3) is 0.362. The van der Waals surface area contributed by atoms with E-state index in [2.05, 4.69) is 25.2 Å². The lowest BCUT2D eigenvalue weighted by molar-refractivity contribution is -0.138. The number of piperidine rings is 2. The summed E-state index contributed by atoms with van der Waals surface area (Å²) in [4.78, 5) is 61.0. The first-order valence-corrected chi connectivity index (χ1v) is 23.8. The number of amides is 3. The predicted octanol–water partition coefficient (Wildman–Crippen LogP) is 4.32. The van der Waals surface area contributed by atoms with Crippen molar-refractivity contribution in [3.05, 3.63) is 107 Å². The molecule has 1 unspecified atom stereocenters. The van der Waals surface area contributed by atoms with E-state index in [1.54, 1.807) is 35.2 Å². The number of rotatable bonds is 12.